The number of rotatable bonds is 6. The molecule has 10 rings (SSSR count). The zero-order chi connectivity index (χ0) is 37.6. The van der Waals surface area contributed by atoms with E-state index in [4.69, 9.17) is 0 Å². The van der Waals surface area contributed by atoms with Gasteiger partial charge >= 0.3 is 0 Å². The minimum atomic E-state index is -0.148. The first-order chi connectivity index (χ1) is 27.5. The minimum absolute atomic E-state index is 0.148. The van der Waals surface area contributed by atoms with E-state index in [1.54, 1.807) is 11.8 Å². The number of nitrogens with zero attached hydrogens (tertiary/aromatic N) is 2. The fourth-order valence-corrected chi connectivity index (χ4v) is 9.10. The molecule has 0 aliphatic heterocycles. The molecule has 0 radical (unpaired) electrons. The molecule has 0 N–H and O–H groups in total. The number of hydrogen-bond acceptors (Lipinski definition) is 2. The van der Waals surface area contributed by atoms with Crippen LogP contribution >= 0.6 is 11.8 Å². The van der Waals surface area contributed by atoms with Crippen molar-refractivity contribution in [1.82, 2.24) is 4.57 Å². The van der Waals surface area contributed by atoms with Crippen LogP contribution in [0.25, 0.3) is 38.6 Å². The Morgan fingerprint density at radius 2 is 0.982 bits per heavy atom. The summed E-state index contributed by atoms with van der Waals surface area (Å²) in [5.41, 5.74) is 14.2. The lowest BCUT2D eigenvalue weighted by atomic mass is 9.81. The molecule has 1 heterocycles. The second-order valence-corrected chi connectivity index (χ2v) is 16.0. The topological polar surface area (TPSA) is 8.17 Å². The predicted molar refractivity (Wildman–Crippen MR) is 236 cm³/mol. The van der Waals surface area contributed by atoms with Crippen molar-refractivity contribution >= 4 is 50.6 Å². The molecule has 9 aromatic rings. The Labute approximate surface area is 332 Å². The molecule has 56 heavy (non-hydrogen) atoms. The van der Waals surface area contributed by atoms with Crippen molar-refractivity contribution in [2.75, 3.05) is 4.90 Å². The van der Waals surface area contributed by atoms with Crippen LogP contribution in [0.4, 0.5) is 17.1 Å². The van der Waals surface area contributed by atoms with E-state index in [2.05, 4.69) is 229 Å². The quantitative estimate of drug-likeness (QED) is 0.157. The van der Waals surface area contributed by atoms with Gasteiger partial charge in [-0.3, -0.25) is 0 Å². The van der Waals surface area contributed by atoms with E-state index < -0.39 is 0 Å². The molecule has 0 saturated heterocycles. The standard InChI is InChI=1S/C53H38N2S/c1-53(2)49-34-38(26-33-45(49)47-36-52-48(35-50(47)53)46-20-12-13-21-51(46)55(52)41-18-10-5-11-19-41)23-22-37-24-29-43(30-25-37)56-44-31-27-42(28-32-44)54(39-14-6-3-7-15-39)40-16-8-4-9-17-40/h3-21,24-36H,1-2H3. The van der Waals surface area contributed by atoms with Crippen molar-refractivity contribution < 1.29 is 0 Å². The Bertz CT molecular complexity index is 2890. The maximum Gasteiger partial charge on any atom is 0.0547 e. The van der Waals surface area contributed by atoms with Crippen LogP contribution in [-0.4, -0.2) is 4.57 Å². The fraction of sp³-hybridized carbons (Fsp3) is 0.0566. The summed E-state index contributed by atoms with van der Waals surface area (Å²) in [7, 11) is 0. The zero-order valence-electron chi connectivity index (χ0n) is 31.3. The highest BCUT2D eigenvalue weighted by Crippen LogP contribution is 2.51. The van der Waals surface area contributed by atoms with Crippen molar-refractivity contribution in [3.63, 3.8) is 0 Å². The third-order valence-electron chi connectivity index (χ3n) is 11.0. The summed E-state index contributed by atoms with van der Waals surface area (Å²) in [6, 6.07) is 69.5. The van der Waals surface area contributed by atoms with E-state index in [-0.39, 0.29) is 5.41 Å². The normalized spacial score (nSPS) is 12.5. The van der Waals surface area contributed by atoms with Crippen molar-refractivity contribution in [2.24, 2.45) is 0 Å². The van der Waals surface area contributed by atoms with Crippen molar-refractivity contribution in [3.05, 3.63) is 216 Å². The molecule has 0 spiro atoms. The van der Waals surface area contributed by atoms with Crippen molar-refractivity contribution in [2.45, 2.75) is 29.1 Å². The number of para-hydroxylation sites is 4. The molecular weight excluding hydrogens is 697 g/mol. The van der Waals surface area contributed by atoms with Gasteiger partial charge in [0.2, 0.25) is 0 Å². The predicted octanol–water partition coefficient (Wildman–Crippen LogP) is 14.1. The number of aromatic nitrogens is 1. The molecule has 1 aliphatic carbocycles. The summed E-state index contributed by atoms with van der Waals surface area (Å²) in [6.07, 6.45) is 0. The third-order valence-corrected chi connectivity index (χ3v) is 12.1. The van der Waals surface area contributed by atoms with E-state index in [1.807, 2.05) is 0 Å². The molecule has 1 aromatic heterocycles. The Balaban J connectivity index is 0.896. The molecule has 0 bridgehead atoms. The van der Waals surface area contributed by atoms with E-state index in [1.165, 1.54) is 59.5 Å². The van der Waals surface area contributed by atoms with Crippen molar-refractivity contribution in [1.29, 1.82) is 0 Å². The largest absolute Gasteiger partial charge is 0.311 e. The Kier molecular flexibility index (Phi) is 8.36. The van der Waals surface area contributed by atoms with E-state index >= 15 is 0 Å². The molecule has 2 nitrogen and oxygen atoms in total. The van der Waals surface area contributed by atoms with Gasteiger partial charge in [0, 0.05) is 59.9 Å². The van der Waals surface area contributed by atoms with Crippen LogP contribution in [0.3, 0.4) is 0 Å². The van der Waals surface area contributed by atoms with E-state index in [0.29, 0.717) is 0 Å². The lowest BCUT2D eigenvalue weighted by Crippen LogP contribution is -2.15. The van der Waals surface area contributed by atoms with Gasteiger partial charge in [0.1, 0.15) is 0 Å². The Morgan fingerprint density at radius 1 is 0.446 bits per heavy atom. The number of fused-ring (bicyclic) bond motifs is 6. The van der Waals surface area contributed by atoms with Gasteiger partial charge in [0.05, 0.1) is 11.0 Å². The molecule has 8 aromatic carbocycles. The van der Waals surface area contributed by atoms with E-state index in [0.717, 1.165) is 28.2 Å². The Hall–Kier alpha value is -6.73. The zero-order valence-corrected chi connectivity index (χ0v) is 32.1. The lowest BCUT2D eigenvalue weighted by molar-refractivity contribution is 0.661. The van der Waals surface area contributed by atoms with Gasteiger partial charge in [0.25, 0.3) is 0 Å². The van der Waals surface area contributed by atoms with Crippen molar-refractivity contribution in [3.8, 4) is 28.7 Å². The van der Waals surface area contributed by atoms with Crippen LogP contribution in [-0.2, 0) is 5.41 Å². The summed E-state index contributed by atoms with van der Waals surface area (Å²) >= 11 is 1.76. The average Bonchev–Trinajstić information content (AvgIpc) is 3.69. The van der Waals surface area contributed by atoms with Crippen LogP contribution in [0.5, 0.6) is 0 Å². The highest BCUT2D eigenvalue weighted by Gasteiger charge is 2.36. The summed E-state index contributed by atoms with van der Waals surface area (Å²) in [5.74, 6) is 6.93. The fourth-order valence-electron chi connectivity index (χ4n) is 8.28. The second-order valence-electron chi connectivity index (χ2n) is 14.9. The van der Waals surface area contributed by atoms with Gasteiger partial charge in [-0.2, -0.15) is 0 Å². The molecule has 0 unspecified atom stereocenters. The van der Waals surface area contributed by atoms with Crippen LogP contribution in [0.2, 0.25) is 0 Å². The molecule has 0 atom stereocenters. The van der Waals surface area contributed by atoms with Gasteiger partial charge in [-0.1, -0.05) is 116 Å². The highest BCUT2D eigenvalue weighted by molar-refractivity contribution is 7.99. The lowest BCUT2D eigenvalue weighted by Gasteiger charge is -2.25. The maximum atomic E-state index is 3.49. The molecule has 266 valence electrons. The third kappa shape index (κ3) is 5.96. The number of benzene rings is 8. The summed E-state index contributed by atoms with van der Waals surface area (Å²) in [4.78, 5) is 4.66. The number of hydrogen-bond donors (Lipinski definition) is 0. The molecule has 0 amide bonds. The second kappa shape index (κ2) is 13.8. The monoisotopic (exact) mass is 734 g/mol. The Morgan fingerprint density at radius 3 is 1.66 bits per heavy atom. The highest BCUT2D eigenvalue weighted by atomic mass is 32.2. The first-order valence-corrected chi connectivity index (χ1v) is 19.9. The van der Waals surface area contributed by atoms with Gasteiger partial charge in [0.15, 0.2) is 0 Å². The summed E-state index contributed by atoms with van der Waals surface area (Å²) < 4.78 is 2.40. The minimum Gasteiger partial charge on any atom is -0.311 e. The first kappa shape index (κ1) is 33.8. The molecule has 0 saturated carbocycles. The van der Waals surface area contributed by atoms with Crippen LogP contribution in [0, 0.1) is 11.8 Å². The van der Waals surface area contributed by atoms with Gasteiger partial charge in [-0.25, -0.2) is 0 Å². The summed E-state index contributed by atoms with van der Waals surface area (Å²) in [5, 5.41) is 2.57. The SMILES string of the molecule is CC1(C)c2cc(C#Cc3ccc(Sc4ccc(N(c5ccccc5)c5ccccc5)cc4)cc3)ccc2-c2cc3c(cc21)c1ccccc1n3-c1ccccc1. The van der Waals surface area contributed by atoms with E-state index in [9.17, 15) is 0 Å². The number of anilines is 3. The van der Waals surface area contributed by atoms with Gasteiger partial charge < -0.3 is 9.47 Å². The molecule has 1 aliphatic rings. The molecule has 0 fully saturated rings. The molecule has 3 heteroatoms. The van der Waals surface area contributed by atoms with Crippen LogP contribution < -0.4 is 4.90 Å². The van der Waals surface area contributed by atoms with Gasteiger partial charge in [-0.15, -0.1) is 0 Å². The smallest absolute Gasteiger partial charge is 0.0547 e. The average molecular weight is 735 g/mol. The molecular formula is C53H38N2S. The first-order valence-electron chi connectivity index (χ1n) is 19.1. The van der Waals surface area contributed by atoms with Gasteiger partial charge in [-0.05, 0) is 138 Å². The maximum absolute atomic E-state index is 3.49. The van der Waals surface area contributed by atoms with Crippen LogP contribution in [0.15, 0.2) is 204 Å². The van der Waals surface area contributed by atoms with Crippen LogP contribution in [0.1, 0.15) is 36.1 Å². The summed E-state index contributed by atoms with van der Waals surface area (Å²) in [6.45, 7) is 4.70.